The van der Waals surface area contributed by atoms with Crippen molar-refractivity contribution >= 4 is 12.2 Å². The summed E-state index contributed by atoms with van der Waals surface area (Å²) < 4.78 is 101. The summed E-state index contributed by atoms with van der Waals surface area (Å²) in [6.07, 6.45) is 7.78. The molecule has 4 aromatic heterocycles. The average molecular weight is 1000 g/mol. The topological polar surface area (TPSA) is 153 Å². The molecule has 4 fully saturated rings. The van der Waals surface area contributed by atoms with Crippen LogP contribution < -0.4 is 40.4 Å². The molecule has 4 saturated heterocycles. The number of aromatic nitrogens is 6. The van der Waals surface area contributed by atoms with Crippen molar-refractivity contribution in [3.63, 3.8) is 0 Å². The zero-order valence-electron chi connectivity index (χ0n) is 39.7. The Balaban J connectivity index is 0.000000178. The maximum atomic E-state index is 13.0. The van der Waals surface area contributed by atoms with Crippen molar-refractivity contribution in [3.8, 4) is 34.6 Å². The molecule has 6 atom stereocenters. The first kappa shape index (κ1) is 50.1. The zero-order valence-corrected chi connectivity index (χ0v) is 39.7. The van der Waals surface area contributed by atoms with Gasteiger partial charge >= 0.3 is 12.7 Å². The Bertz CT molecular complexity index is 2680. The van der Waals surface area contributed by atoms with E-state index in [1.807, 2.05) is 94.0 Å². The van der Waals surface area contributed by atoms with Crippen molar-refractivity contribution in [2.24, 2.45) is 0 Å². The number of para-hydroxylation sites is 2. The van der Waals surface area contributed by atoms with E-state index >= 15 is 0 Å². The lowest BCUT2D eigenvalue weighted by atomic mass is 9.87. The highest BCUT2D eigenvalue weighted by Crippen LogP contribution is 2.41. The van der Waals surface area contributed by atoms with Gasteiger partial charge in [-0.25, -0.2) is 40.8 Å². The molecule has 0 bridgehead atoms. The van der Waals surface area contributed by atoms with Crippen molar-refractivity contribution in [3.05, 3.63) is 144 Å². The van der Waals surface area contributed by atoms with Gasteiger partial charge in [-0.2, -0.15) is 0 Å². The summed E-state index contributed by atoms with van der Waals surface area (Å²) in [5.41, 5.74) is 12.7. The Morgan fingerprint density at radius 3 is 1.38 bits per heavy atom. The monoisotopic (exact) mass is 1000 g/mol. The smallest absolute Gasteiger partial charge is 0.479 e. The van der Waals surface area contributed by atoms with Gasteiger partial charge in [0, 0.05) is 48.4 Å². The first-order valence-electron chi connectivity index (χ1n) is 23.4. The molecule has 4 aliphatic rings. The molecule has 0 amide bonds. The molecule has 380 valence electrons. The second kappa shape index (κ2) is 21.5. The summed E-state index contributed by atoms with van der Waals surface area (Å²) >= 11 is 0. The van der Waals surface area contributed by atoms with Gasteiger partial charge < -0.3 is 28.1 Å². The number of benzene rings is 2. The Hall–Kier alpha value is -6.82. The van der Waals surface area contributed by atoms with Crippen molar-refractivity contribution in [1.82, 2.24) is 60.6 Å². The predicted molar refractivity (Wildman–Crippen MR) is 255 cm³/mol. The summed E-state index contributed by atoms with van der Waals surface area (Å²) in [7, 11) is 3.14. The van der Waals surface area contributed by atoms with Crippen LogP contribution in [0.1, 0.15) is 71.4 Å². The Labute approximate surface area is 411 Å². The number of hydrogen-bond acceptors (Lipinski definition) is 14. The summed E-state index contributed by atoms with van der Waals surface area (Å²) in [5.74, 6) is 0.309. The number of rotatable bonds is 12. The van der Waals surface area contributed by atoms with Gasteiger partial charge in [0.1, 0.15) is 22.9 Å². The maximum absolute atomic E-state index is 13.0. The molecule has 0 aliphatic carbocycles. The molecule has 0 radical (unpaired) electrons. The minimum absolute atomic E-state index is 0.151. The van der Waals surface area contributed by atoms with Crippen molar-refractivity contribution in [2.45, 2.75) is 88.8 Å². The lowest BCUT2D eigenvalue weighted by Crippen LogP contribution is -2.47. The van der Waals surface area contributed by atoms with Crippen LogP contribution in [0.4, 0.5) is 26.3 Å². The SMILES string of the molecule is COc1nc(/C=C/C2NC3[C@@H](c4ccccc4OC(F)(F)F)CCCN3N2)ccc1-n1cnc(C)c1.COc1nc(/C=C/C2NC3[C@H](c4ccccc4OC(F)(F)F)CCCN3N2)ccc1-n1cnc(C)c1. The van der Waals surface area contributed by atoms with E-state index in [0.717, 1.165) is 61.5 Å². The van der Waals surface area contributed by atoms with Crippen molar-refractivity contribution in [2.75, 3.05) is 27.3 Å². The number of methoxy groups -OCH3 is 2. The molecule has 2 aromatic carbocycles. The van der Waals surface area contributed by atoms with Crippen molar-refractivity contribution in [1.29, 1.82) is 0 Å². The van der Waals surface area contributed by atoms with Gasteiger partial charge in [0.15, 0.2) is 0 Å². The number of halogens is 6. The summed E-state index contributed by atoms with van der Waals surface area (Å²) in [4.78, 5) is 17.7. The third-order valence-electron chi connectivity index (χ3n) is 12.7. The minimum atomic E-state index is -4.74. The number of nitrogens with zero attached hydrogens (tertiary/aromatic N) is 8. The summed E-state index contributed by atoms with van der Waals surface area (Å²) in [6, 6.07) is 20.4. The van der Waals surface area contributed by atoms with Crippen LogP contribution in [0.15, 0.2) is 110 Å². The van der Waals surface area contributed by atoms with E-state index < -0.39 is 12.7 Å². The molecule has 0 spiro atoms. The lowest BCUT2D eigenvalue weighted by molar-refractivity contribution is -0.276. The Morgan fingerprint density at radius 1 is 0.583 bits per heavy atom. The first-order chi connectivity index (χ1) is 34.6. The second-order valence-corrected chi connectivity index (χ2v) is 17.6. The van der Waals surface area contributed by atoms with Gasteiger partial charge in [-0.15, -0.1) is 26.3 Å². The van der Waals surface area contributed by atoms with E-state index in [0.29, 0.717) is 34.3 Å². The molecule has 8 heterocycles. The van der Waals surface area contributed by atoms with Gasteiger partial charge in [-0.05, 0) is 100 Å². The molecular weight excluding hydrogens is 947 g/mol. The van der Waals surface area contributed by atoms with E-state index in [9.17, 15) is 26.3 Å². The van der Waals surface area contributed by atoms with Gasteiger partial charge in [-0.1, -0.05) is 36.4 Å². The second-order valence-electron chi connectivity index (χ2n) is 17.6. The van der Waals surface area contributed by atoms with Gasteiger partial charge in [-0.3, -0.25) is 10.6 Å². The van der Waals surface area contributed by atoms with Crippen LogP contribution in [0.5, 0.6) is 23.3 Å². The Morgan fingerprint density at radius 2 is 1.00 bits per heavy atom. The van der Waals surface area contributed by atoms with Crippen LogP contribution in [0.3, 0.4) is 0 Å². The molecule has 72 heavy (non-hydrogen) atoms. The van der Waals surface area contributed by atoms with Gasteiger partial charge in [0.05, 0.1) is 74.3 Å². The number of nitrogens with one attached hydrogen (secondary N) is 4. The molecule has 4 aliphatic heterocycles. The molecule has 10 rings (SSSR count). The van der Waals surface area contributed by atoms with Crippen LogP contribution in [0, 0.1) is 13.8 Å². The number of imidazole rings is 2. The minimum Gasteiger partial charge on any atom is -0.479 e. The molecule has 0 saturated carbocycles. The fourth-order valence-corrected chi connectivity index (χ4v) is 9.62. The third-order valence-corrected chi connectivity index (χ3v) is 12.7. The highest BCUT2D eigenvalue weighted by atomic mass is 19.4. The number of alkyl halides is 6. The number of hydrogen-bond donors (Lipinski definition) is 4. The van der Waals surface area contributed by atoms with Crippen LogP contribution in [-0.4, -0.2) is 104 Å². The van der Waals surface area contributed by atoms with E-state index in [4.69, 9.17) is 9.47 Å². The largest absolute Gasteiger partial charge is 0.573 e. The maximum Gasteiger partial charge on any atom is 0.573 e. The molecular formula is C50H54F6N12O4. The lowest BCUT2D eigenvalue weighted by Gasteiger charge is -2.36. The summed E-state index contributed by atoms with van der Waals surface area (Å²) in [5, 5.41) is 11.1. The number of aryl methyl sites for hydroxylation is 2. The molecule has 6 aromatic rings. The third kappa shape index (κ3) is 11.9. The number of pyridine rings is 2. The van der Waals surface area contributed by atoms with Crippen LogP contribution in [0.25, 0.3) is 23.5 Å². The standard InChI is InChI=1S/2C25H27F3N6O2/c2*1-16-14-33(15-29-16)20-11-9-17(30-24(20)35-2)10-12-22-31-23-19(7-5-13-34(23)32-22)18-6-3-4-8-21(18)36-25(26,27)28/h2*3-4,6,8-12,14-15,19,22-23,31-32H,5,7,13H2,1-2H3/b2*12-10+/t2*19-,22?,23?/m10/s1. The highest BCUT2D eigenvalue weighted by molar-refractivity contribution is 5.53. The predicted octanol–water partition coefficient (Wildman–Crippen LogP) is 8.27. The number of piperidine rings is 2. The fraction of sp³-hybridized carbons (Fsp3) is 0.360. The highest BCUT2D eigenvalue weighted by Gasteiger charge is 2.43. The van der Waals surface area contributed by atoms with Crippen LogP contribution in [-0.2, 0) is 0 Å². The first-order valence-corrected chi connectivity index (χ1v) is 23.4. The van der Waals surface area contributed by atoms with E-state index in [1.165, 1.54) is 12.1 Å². The summed E-state index contributed by atoms with van der Waals surface area (Å²) in [6.45, 7) is 5.39. The van der Waals surface area contributed by atoms with E-state index in [2.05, 4.69) is 50.9 Å². The molecule has 4 unspecified atom stereocenters. The number of hydrazine groups is 2. The number of ether oxygens (including phenoxy) is 4. The zero-order chi connectivity index (χ0) is 50.6. The van der Waals surface area contributed by atoms with Crippen LogP contribution in [0.2, 0.25) is 0 Å². The quantitative estimate of drug-likeness (QED) is 0.0871. The van der Waals surface area contributed by atoms with Gasteiger partial charge in [0.2, 0.25) is 11.8 Å². The van der Waals surface area contributed by atoms with Crippen molar-refractivity contribution < 1.29 is 45.3 Å². The number of fused-ring (bicyclic) bond motifs is 2. The fourth-order valence-electron chi connectivity index (χ4n) is 9.62. The Kier molecular flexibility index (Phi) is 15.0. The van der Waals surface area contributed by atoms with E-state index in [1.54, 1.807) is 63.3 Å². The van der Waals surface area contributed by atoms with E-state index in [-0.39, 0.29) is 48.0 Å². The normalized spacial score (nSPS) is 22.6. The molecule has 22 heteroatoms. The average Bonchev–Trinajstić information content (AvgIpc) is 4.19. The van der Waals surface area contributed by atoms with Gasteiger partial charge in [0.25, 0.3) is 0 Å². The molecule has 16 nitrogen and oxygen atoms in total. The molecule has 4 N–H and O–H groups in total. The van der Waals surface area contributed by atoms with Crippen LogP contribution >= 0.6 is 0 Å².